The Balaban J connectivity index is 0.000000205. The van der Waals surface area contributed by atoms with Gasteiger partial charge >= 0.3 is 46.9 Å². The third-order valence-corrected chi connectivity index (χ3v) is 13.9. The zero-order valence-electron chi connectivity index (χ0n) is 40.8. The highest BCUT2D eigenvalue weighted by atomic mass is 32.3. The van der Waals surface area contributed by atoms with Gasteiger partial charge in [0, 0.05) is 59.9 Å². The first-order chi connectivity index (χ1) is 36.4. The fraction of sp³-hybridized carbons (Fsp3) is 0.224. The van der Waals surface area contributed by atoms with E-state index in [1.807, 2.05) is 91.3 Å². The third-order valence-electron chi connectivity index (χ3n) is 10.4. The van der Waals surface area contributed by atoms with Crippen LogP contribution >= 0.6 is 0 Å². The molecule has 17 nitrogen and oxygen atoms in total. The van der Waals surface area contributed by atoms with Crippen LogP contribution in [0.25, 0.3) is 67.1 Å². The van der Waals surface area contributed by atoms with Crippen LogP contribution in [0.15, 0.2) is 147 Å². The minimum atomic E-state index is -6.85. The number of hydrogen-bond acceptors (Lipinski definition) is 16. The zero-order chi connectivity index (χ0) is 57.4. The quantitative estimate of drug-likeness (QED) is 0.0540. The summed E-state index contributed by atoms with van der Waals surface area (Å²) in [5.41, 5.74) is -13.6. The molecule has 0 spiro atoms. The fourth-order valence-electron chi connectivity index (χ4n) is 6.73. The summed E-state index contributed by atoms with van der Waals surface area (Å²) in [4.78, 5) is 23.7. The van der Waals surface area contributed by atoms with E-state index in [9.17, 15) is 69.6 Å². The Kier molecular flexibility index (Phi) is 18.5. The Labute approximate surface area is 438 Å². The molecule has 4 aromatic carbocycles. The monoisotopic (exact) mass is 1160 g/mol. The molecule has 0 saturated carbocycles. The van der Waals surface area contributed by atoms with Gasteiger partial charge in [0.1, 0.15) is 36.2 Å². The first kappa shape index (κ1) is 59.8. The van der Waals surface area contributed by atoms with Crippen molar-refractivity contribution in [1.29, 1.82) is 0 Å². The van der Waals surface area contributed by atoms with Gasteiger partial charge in [-0.15, -0.1) is 3.63 Å². The van der Waals surface area contributed by atoms with Crippen molar-refractivity contribution in [3.63, 3.8) is 0 Å². The number of hydrogen-bond donors (Lipinski definition) is 1. The predicted molar refractivity (Wildman–Crippen MR) is 267 cm³/mol. The second-order valence-electron chi connectivity index (χ2n) is 16.6. The van der Waals surface area contributed by atoms with Gasteiger partial charge < -0.3 is 37.3 Å². The van der Waals surface area contributed by atoms with E-state index in [0.717, 1.165) is 47.8 Å². The van der Waals surface area contributed by atoms with Crippen LogP contribution in [0.3, 0.4) is 0 Å². The Bertz CT molecular complexity index is 3680. The molecule has 8 aromatic rings. The molecule has 29 heteroatoms. The summed E-state index contributed by atoms with van der Waals surface area (Å²) >= 11 is 0. The molecule has 0 saturated heterocycles. The van der Waals surface area contributed by atoms with Crippen LogP contribution in [0.1, 0.15) is 0 Å². The topological polar surface area (TPSA) is 218 Å². The molecule has 1 N–H and O–H groups in total. The second kappa shape index (κ2) is 24.1. The predicted octanol–water partition coefficient (Wildman–Crippen LogP) is 10.4. The number of pyridine rings is 2. The lowest BCUT2D eigenvalue weighted by molar-refractivity contribution is -0.0586. The number of benzene rings is 4. The first-order valence-corrected chi connectivity index (χ1v) is 26.4. The molecular formula is C49H43F9N4O13S3. The second-order valence-corrected chi connectivity index (χ2v) is 21.4. The standard InChI is InChI=1S/C24H21F3N2O5S.C23H22N2O3.C2F6O5S2/c1-29(2)14-15-32-18-10-8-17(9-11-18)22-20(16-6-4-3-5-7-16)21-19(12-13-28-23(21)33-22)34-35(30,31)24(25,26)27;1-25(2)14-15-27-18-10-8-17(9-11-18)22-20(16-6-4-3-5-7-16)21-19(26)12-13-24-23(21)28-22;3-1(4,5)14(9,10)13-15(11,12)2(6,7)8/h3-13H,14-15H2,1-2H3;3-13H,14-15H2,1-2H3,(H,24,26);. The van der Waals surface area contributed by atoms with Crippen LogP contribution in [0, 0.1) is 0 Å². The molecule has 0 bridgehead atoms. The number of H-pyrrole nitrogens is 1. The van der Waals surface area contributed by atoms with Crippen molar-refractivity contribution < 1.29 is 90.9 Å². The summed E-state index contributed by atoms with van der Waals surface area (Å²) in [5, 5.41) is 0.572. The maximum Gasteiger partial charge on any atom is 0.534 e. The van der Waals surface area contributed by atoms with Crippen molar-refractivity contribution in [2.24, 2.45) is 0 Å². The number of nitrogens with zero attached hydrogens (tertiary/aromatic N) is 3. The van der Waals surface area contributed by atoms with Crippen molar-refractivity contribution in [3.05, 3.63) is 144 Å². The Morgan fingerprint density at radius 1 is 0.526 bits per heavy atom. The Hall–Kier alpha value is -7.44. The highest BCUT2D eigenvalue weighted by molar-refractivity contribution is 8.00. The maximum atomic E-state index is 13.0. The van der Waals surface area contributed by atoms with Crippen molar-refractivity contribution in [3.8, 4) is 62.1 Å². The van der Waals surface area contributed by atoms with E-state index in [2.05, 4.69) is 19.1 Å². The number of nitrogens with one attached hydrogen (secondary N) is 1. The van der Waals surface area contributed by atoms with Crippen molar-refractivity contribution >= 4 is 52.6 Å². The lowest BCUT2D eigenvalue weighted by Crippen LogP contribution is -2.34. The Morgan fingerprint density at radius 2 is 0.949 bits per heavy atom. The largest absolute Gasteiger partial charge is 0.534 e. The van der Waals surface area contributed by atoms with Crippen molar-refractivity contribution in [2.45, 2.75) is 16.5 Å². The lowest BCUT2D eigenvalue weighted by atomic mass is 9.99. The van der Waals surface area contributed by atoms with E-state index in [1.165, 1.54) is 6.07 Å². The zero-order valence-corrected chi connectivity index (χ0v) is 43.3. The molecular weight excluding hydrogens is 1120 g/mol. The van der Waals surface area contributed by atoms with E-state index in [0.29, 0.717) is 58.3 Å². The number of aromatic amines is 1. The normalized spacial score (nSPS) is 12.5. The number of rotatable bonds is 16. The van der Waals surface area contributed by atoms with E-state index in [1.54, 1.807) is 60.8 Å². The van der Waals surface area contributed by atoms with Gasteiger partial charge in [0.05, 0.1) is 10.8 Å². The molecule has 0 aliphatic heterocycles. The van der Waals surface area contributed by atoms with Crippen LogP contribution in [0.4, 0.5) is 39.5 Å². The van der Waals surface area contributed by atoms with Gasteiger partial charge in [0.2, 0.25) is 11.4 Å². The maximum absolute atomic E-state index is 13.0. The van der Waals surface area contributed by atoms with Crippen LogP contribution < -0.4 is 19.1 Å². The minimum absolute atomic E-state index is 0.00725. The summed E-state index contributed by atoms with van der Waals surface area (Å²) in [7, 11) is -11.7. The number of likely N-dealkylation sites (N-methyl/N-ethyl adjacent to an activating group) is 2. The van der Waals surface area contributed by atoms with Gasteiger partial charge in [0.15, 0.2) is 11.2 Å². The smallest absolute Gasteiger partial charge is 0.492 e. The highest BCUT2D eigenvalue weighted by Crippen LogP contribution is 2.45. The Morgan fingerprint density at radius 3 is 1.37 bits per heavy atom. The van der Waals surface area contributed by atoms with Crippen LogP contribution in [0.5, 0.6) is 17.2 Å². The molecule has 8 rings (SSSR count). The average molecular weight is 1160 g/mol. The molecule has 4 heterocycles. The summed E-state index contributed by atoms with van der Waals surface area (Å²) in [6.07, 6.45) is 2.72. The first-order valence-electron chi connectivity index (χ1n) is 22.2. The van der Waals surface area contributed by atoms with E-state index in [-0.39, 0.29) is 16.5 Å². The molecule has 4 aromatic heterocycles. The summed E-state index contributed by atoms with van der Waals surface area (Å²) in [5.74, 6) is 1.86. The molecule has 0 unspecified atom stereocenters. The fourth-order valence-corrected chi connectivity index (χ4v) is 8.76. The SMILES string of the molecule is CN(C)CCOc1ccc(-c2oc3[nH]ccc(=O)c3c2-c2ccccc2)cc1.CN(C)CCOc1ccc(-c2oc3nccc(OS(=O)(=O)C(F)(F)F)c3c2-c2ccccc2)cc1.O=S(=O)(OS(=O)(=O)C(F)(F)F)C(F)(F)F. The van der Waals surface area contributed by atoms with Gasteiger partial charge in [0.25, 0.3) is 0 Å². The average Bonchev–Trinajstić information content (AvgIpc) is 4.06. The molecule has 0 fully saturated rings. The number of ether oxygens (including phenoxy) is 2. The minimum Gasteiger partial charge on any atom is -0.492 e. The molecule has 418 valence electrons. The van der Waals surface area contributed by atoms with Crippen molar-refractivity contribution in [1.82, 2.24) is 19.8 Å². The third kappa shape index (κ3) is 14.6. The van der Waals surface area contributed by atoms with E-state index >= 15 is 0 Å². The lowest BCUT2D eigenvalue weighted by Gasteiger charge is -2.12. The van der Waals surface area contributed by atoms with E-state index < -0.39 is 52.6 Å². The molecule has 0 aliphatic rings. The molecule has 0 atom stereocenters. The number of alkyl halides is 9. The molecule has 0 aliphatic carbocycles. The van der Waals surface area contributed by atoms with Gasteiger partial charge in [-0.05, 0) is 87.8 Å². The molecule has 0 amide bonds. The van der Waals surface area contributed by atoms with Crippen molar-refractivity contribution in [2.75, 3.05) is 54.5 Å². The summed E-state index contributed by atoms with van der Waals surface area (Å²) in [6.45, 7) is 2.70. The van der Waals surface area contributed by atoms with Gasteiger partial charge in [-0.3, -0.25) is 4.79 Å². The molecule has 0 radical (unpaired) electrons. The van der Waals surface area contributed by atoms with Crippen LogP contribution in [-0.2, 0) is 34.0 Å². The number of fused-ring (bicyclic) bond motifs is 2. The van der Waals surface area contributed by atoms with Crippen LogP contribution in [-0.4, -0.2) is 116 Å². The van der Waals surface area contributed by atoms with Crippen LogP contribution in [0.2, 0.25) is 0 Å². The molecule has 78 heavy (non-hydrogen) atoms. The van der Waals surface area contributed by atoms with Gasteiger partial charge in [-0.1, -0.05) is 60.7 Å². The number of halogens is 9. The van der Waals surface area contributed by atoms with Gasteiger partial charge in [-0.25, -0.2) is 4.98 Å². The van der Waals surface area contributed by atoms with E-state index in [4.69, 9.17) is 18.3 Å². The summed E-state index contributed by atoms with van der Waals surface area (Å²) < 4.78 is 201. The summed E-state index contributed by atoms with van der Waals surface area (Å²) in [6, 6.07) is 35.8. The van der Waals surface area contributed by atoms with Gasteiger partial charge in [-0.2, -0.15) is 64.8 Å². The highest BCUT2D eigenvalue weighted by Gasteiger charge is 2.57. The number of furan rings is 2. The number of aromatic nitrogens is 2.